The zero-order valence-electron chi connectivity index (χ0n) is 11.1. The molecule has 2 heteroatoms. The number of hydrogen-bond acceptors (Lipinski definition) is 2. The van der Waals surface area contributed by atoms with Crippen molar-refractivity contribution in [3.05, 3.63) is 58.3 Å². The van der Waals surface area contributed by atoms with Gasteiger partial charge in [0.05, 0.1) is 10.8 Å². The summed E-state index contributed by atoms with van der Waals surface area (Å²) in [6, 6.07) is 13.3. The van der Waals surface area contributed by atoms with Crippen LogP contribution in [0.15, 0.2) is 51.7 Å². The van der Waals surface area contributed by atoms with Crippen LogP contribution in [0.5, 0.6) is 0 Å². The molecule has 0 aliphatic heterocycles. The van der Waals surface area contributed by atoms with Crippen LogP contribution in [0.25, 0.3) is 21.9 Å². The molecule has 0 amide bonds. The molecule has 3 aromatic rings. The van der Waals surface area contributed by atoms with E-state index in [1.54, 1.807) is 0 Å². The largest absolute Gasteiger partial charge is 0.456 e. The van der Waals surface area contributed by atoms with Crippen molar-refractivity contribution in [3.8, 4) is 0 Å². The lowest BCUT2D eigenvalue weighted by Crippen LogP contribution is -2.03. The molecule has 0 saturated carbocycles. The minimum Gasteiger partial charge on any atom is -0.456 e. The quantitative estimate of drug-likeness (QED) is 0.630. The first-order chi connectivity index (χ1) is 9.20. The van der Waals surface area contributed by atoms with Gasteiger partial charge < -0.3 is 4.42 Å². The van der Waals surface area contributed by atoms with Gasteiger partial charge in [-0.15, -0.1) is 0 Å². The van der Waals surface area contributed by atoms with Crippen LogP contribution in [0.3, 0.4) is 0 Å². The molecule has 2 nitrogen and oxygen atoms in total. The molecule has 1 aromatic heterocycles. The monoisotopic (exact) mass is 252 g/mol. The van der Waals surface area contributed by atoms with Crippen LogP contribution >= 0.6 is 0 Å². The maximum absolute atomic E-state index is 12.5. The number of rotatable bonds is 2. The van der Waals surface area contributed by atoms with Gasteiger partial charge in [-0.3, -0.25) is 4.79 Å². The summed E-state index contributed by atoms with van der Waals surface area (Å²) in [5.74, 6) is 0.454. The van der Waals surface area contributed by atoms with E-state index in [1.807, 2.05) is 42.5 Å². The van der Waals surface area contributed by atoms with E-state index in [1.165, 1.54) is 5.56 Å². The summed E-state index contributed by atoms with van der Waals surface area (Å²) in [5, 5.41) is 1.33. The maximum Gasteiger partial charge on any atom is 0.200 e. The van der Waals surface area contributed by atoms with E-state index < -0.39 is 0 Å². The molecule has 1 heterocycles. The first kappa shape index (κ1) is 12.0. The summed E-state index contributed by atoms with van der Waals surface area (Å²) in [6.45, 7) is 4.32. The van der Waals surface area contributed by atoms with Crippen LogP contribution < -0.4 is 5.43 Å². The van der Waals surface area contributed by atoms with Crippen LogP contribution in [0.4, 0.5) is 0 Å². The molecule has 0 N–H and O–H groups in total. The molecule has 0 radical (unpaired) electrons. The Morgan fingerprint density at radius 1 is 1.05 bits per heavy atom. The summed E-state index contributed by atoms with van der Waals surface area (Å²) in [6.07, 6.45) is 1.06. The number of benzene rings is 2. The molecule has 0 bridgehead atoms. The van der Waals surface area contributed by atoms with Crippen LogP contribution in [-0.2, 0) is 0 Å². The first-order valence-corrected chi connectivity index (χ1v) is 6.66. The van der Waals surface area contributed by atoms with Gasteiger partial charge in [0.1, 0.15) is 11.2 Å². The molecule has 0 aliphatic carbocycles. The predicted molar refractivity (Wildman–Crippen MR) is 78.7 cm³/mol. The predicted octanol–water partition coefficient (Wildman–Crippen LogP) is 4.46. The van der Waals surface area contributed by atoms with Gasteiger partial charge in [0, 0.05) is 0 Å². The number of para-hydroxylation sites is 1. The average Bonchev–Trinajstić information content (AvgIpc) is 2.46. The molecule has 0 fully saturated rings. The Balaban J connectivity index is 2.36. The third-order valence-electron chi connectivity index (χ3n) is 3.78. The zero-order valence-corrected chi connectivity index (χ0v) is 11.1. The van der Waals surface area contributed by atoms with Gasteiger partial charge in [-0.2, -0.15) is 0 Å². The minimum absolute atomic E-state index is 0.0574. The third kappa shape index (κ3) is 1.93. The number of hydrogen-bond donors (Lipinski definition) is 0. The SMILES string of the molecule is CCC(C)c1ccc2oc3ccccc3c(=O)c2c1. The smallest absolute Gasteiger partial charge is 0.200 e. The topological polar surface area (TPSA) is 30.2 Å². The standard InChI is InChI=1S/C17H16O2/c1-3-11(2)12-8-9-16-14(10-12)17(18)13-6-4-5-7-15(13)19-16/h4-11H,3H2,1-2H3. The summed E-state index contributed by atoms with van der Waals surface area (Å²) < 4.78 is 5.80. The van der Waals surface area contributed by atoms with E-state index >= 15 is 0 Å². The molecule has 1 unspecified atom stereocenters. The van der Waals surface area contributed by atoms with E-state index in [0.29, 0.717) is 27.9 Å². The Labute approximate surface area is 111 Å². The van der Waals surface area contributed by atoms with E-state index in [0.717, 1.165) is 6.42 Å². The Hall–Kier alpha value is -2.09. The molecule has 3 rings (SSSR count). The second kappa shape index (κ2) is 4.54. The zero-order chi connectivity index (χ0) is 13.4. The molecule has 0 spiro atoms. The third-order valence-corrected chi connectivity index (χ3v) is 3.78. The Kier molecular flexibility index (Phi) is 2.86. The van der Waals surface area contributed by atoms with Gasteiger partial charge in [0.25, 0.3) is 0 Å². The van der Waals surface area contributed by atoms with Crippen molar-refractivity contribution in [3.63, 3.8) is 0 Å². The van der Waals surface area contributed by atoms with E-state index in [2.05, 4.69) is 13.8 Å². The minimum atomic E-state index is 0.0574. The van der Waals surface area contributed by atoms with Crippen LogP contribution in [0.1, 0.15) is 31.7 Å². The summed E-state index contributed by atoms with van der Waals surface area (Å²) in [4.78, 5) is 12.5. The molecule has 19 heavy (non-hydrogen) atoms. The molecule has 2 aromatic carbocycles. The lowest BCUT2D eigenvalue weighted by Gasteiger charge is -2.09. The fourth-order valence-electron chi connectivity index (χ4n) is 2.36. The van der Waals surface area contributed by atoms with Crippen molar-refractivity contribution in [2.75, 3.05) is 0 Å². The van der Waals surface area contributed by atoms with E-state index in [-0.39, 0.29) is 5.43 Å². The van der Waals surface area contributed by atoms with E-state index in [9.17, 15) is 4.79 Å². The molecule has 0 saturated heterocycles. The molecular weight excluding hydrogens is 236 g/mol. The van der Waals surface area contributed by atoms with Crippen molar-refractivity contribution in [2.45, 2.75) is 26.2 Å². The highest BCUT2D eigenvalue weighted by atomic mass is 16.3. The summed E-state index contributed by atoms with van der Waals surface area (Å²) in [5.41, 5.74) is 2.56. The maximum atomic E-state index is 12.5. The van der Waals surface area contributed by atoms with Crippen LogP contribution in [0, 0.1) is 0 Å². The second-order valence-electron chi connectivity index (χ2n) is 4.99. The van der Waals surface area contributed by atoms with Crippen molar-refractivity contribution in [2.24, 2.45) is 0 Å². The lowest BCUT2D eigenvalue weighted by molar-refractivity contribution is 0.658. The van der Waals surface area contributed by atoms with Crippen molar-refractivity contribution in [1.29, 1.82) is 0 Å². The first-order valence-electron chi connectivity index (χ1n) is 6.66. The molecule has 96 valence electrons. The highest BCUT2D eigenvalue weighted by Gasteiger charge is 2.10. The molecular formula is C17H16O2. The van der Waals surface area contributed by atoms with Gasteiger partial charge >= 0.3 is 0 Å². The van der Waals surface area contributed by atoms with Crippen LogP contribution in [0.2, 0.25) is 0 Å². The normalized spacial score (nSPS) is 12.9. The Morgan fingerprint density at radius 2 is 1.79 bits per heavy atom. The second-order valence-corrected chi connectivity index (χ2v) is 4.99. The lowest BCUT2D eigenvalue weighted by atomic mass is 9.97. The molecule has 0 aliphatic rings. The Bertz CT molecular complexity index is 799. The summed E-state index contributed by atoms with van der Waals surface area (Å²) in [7, 11) is 0. The van der Waals surface area contributed by atoms with Gasteiger partial charge in [0.2, 0.25) is 5.43 Å². The fraction of sp³-hybridized carbons (Fsp3) is 0.235. The fourth-order valence-corrected chi connectivity index (χ4v) is 2.36. The number of fused-ring (bicyclic) bond motifs is 2. The molecule has 1 atom stereocenters. The van der Waals surface area contributed by atoms with Gasteiger partial charge in [0.15, 0.2) is 0 Å². The Morgan fingerprint density at radius 3 is 2.58 bits per heavy atom. The van der Waals surface area contributed by atoms with Gasteiger partial charge in [-0.05, 0) is 42.2 Å². The van der Waals surface area contributed by atoms with E-state index in [4.69, 9.17) is 4.42 Å². The van der Waals surface area contributed by atoms with Gasteiger partial charge in [-0.1, -0.05) is 32.0 Å². The van der Waals surface area contributed by atoms with Crippen molar-refractivity contribution in [1.82, 2.24) is 0 Å². The highest BCUT2D eigenvalue weighted by molar-refractivity contribution is 5.89. The highest BCUT2D eigenvalue weighted by Crippen LogP contribution is 2.24. The average molecular weight is 252 g/mol. The van der Waals surface area contributed by atoms with Gasteiger partial charge in [-0.25, -0.2) is 0 Å². The van der Waals surface area contributed by atoms with Crippen molar-refractivity contribution < 1.29 is 4.42 Å². The van der Waals surface area contributed by atoms with Crippen LogP contribution in [-0.4, -0.2) is 0 Å². The summed E-state index contributed by atoms with van der Waals surface area (Å²) >= 11 is 0. The van der Waals surface area contributed by atoms with Crippen molar-refractivity contribution >= 4 is 21.9 Å².